The van der Waals surface area contributed by atoms with Gasteiger partial charge < -0.3 is 10.6 Å². The number of hydrogen-bond donors (Lipinski definition) is 2. The van der Waals surface area contributed by atoms with Gasteiger partial charge in [-0.2, -0.15) is 5.10 Å². The molecule has 1 aromatic carbocycles. The first-order chi connectivity index (χ1) is 14.1. The SMILES string of the molecule is CCNC(=NCCCn1nc(C)cc1C)NC1CCN(Cc2ccccc2)CC1. The van der Waals surface area contributed by atoms with Crippen molar-refractivity contribution in [1.82, 2.24) is 25.3 Å². The first-order valence-electron chi connectivity index (χ1n) is 11.0. The summed E-state index contributed by atoms with van der Waals surface area (Å²) >= 11 is 0. The summed E-state index contributed by atoms with van der Waals surface area (Å²) in [6.07, 6.45) is 3.31. The number of aryl methyl sites for hydroxylation is 3. The van der Waals surface area contributed by atoms with E-state index in [1.165, 1.54) is 11.3 Å². The zero-order valence-electron chi connectivity index (χ0n) is 18.2. The van der Waals surface area contributed by atoms with E-state index in [0.717, 1.165) is 70.2 Å². The summed E-state index contributed by atoms with van der Waals surface area (Å²) in [5.74, 6) is 0.947. The molecular weight excluding hydrogens is 360 g/mol. The van der Waals surface area contributed by atoms with Gasteiger partial charge in [0, 0.05) is 51.0 Å². The Labute approximate surface area is 175 Å². The highest BCUT2D eigenvalue weighted by Crippen LogP contribution is 2.13. The monoisotopic (exact) mass is 396 g/mol. The van der Waals surface area contributed by atoms with Crippen molar-refractivity contribution in [2.75, 3.05) is 26.2 Å². The Kier molecular flexibility index (Phi) is 8.11. The third-order valence-electron chi connectivity index (χ3n) is 5.42. The van der Waals surface area contributed by atoms with Crippen LogP contribution in [0.3, 0.4) is 0 Å². The highest BCUT2D eigenvalue weighted by Gasteiger charge is 2.20. The molecule has 0 amide bonds. The zero-order chi connectivity index (χ0) is 20.5. The average molecular weight is 397 g/mol. The van der Waals surface area contributed by atoms with Gasteiger partial charge in [0.25, 0.3) is 0 Å². The van der Waals surface area contributed by atoms with Crippen LogP contribution in [0.25, 0.3) is 0 Å². The Balaban J connectivity index is 1.41. The number of rotatable bonds is 8. The normalized spacial score (nSPS) is 16.2. The minimum Gasteiger partial charge on any atom is -0.357 e. The van der Waals surface area contributed by atoms with Gasteiger partial charge in [0.05, 0.1) is 5.69 Å². The van der Waals surface area contributed by atoms with Gasteiger partial charge in [0.1, 0.15) is 0 Å². The molecule has 1 aliphatic heterocycles. The predicted molar refractivity (Wildman–Crippen MR) is 120 cm³/mol. The summed E-state index contributed by atoms with van der Waals surface area (Å²) in [7, 11) is 0. The summed E-state index contributed by atoms with van der Waals surface area (Å²) in [6.45, 7) is 12.2. The second-order valence-electron chi connectivity index (χ2n) is 7.94. The van der Waals surface area contributed by atoms with Gasteiger partial charge in [-0.3, -0.25) is 14.6 Å². The Morgan fingerprint density at radius 3 is 2.59 bits per heavy atom. The first-order valence-corrected chi connectivity index (χ1v) is 11.0. The van der Waals surface area contributed by atoms with Gasteiger partial charge in [0.2, 0.25) is 0 Å². The topological polar surface area (TPSA) is 57.5 Å². The van der Waals surface area contributed by atoms with Crippen molar-refractivity contribution < 1.29 is 0 Å². The number of likely N-dealkylation sites (tertiary alicyclic amines) is 1. The molecule has 3 rings (SSSR count). The predicted octanol–water partition coefficient (Wildman–Crippen LogP) is 3.11. The average Bonchev–Trinajstić information content (AvgIpc) is 3.04. The molecule has 6 heteroatoms. The van der Waals surface area contributed by atoms with Crippen LogP contribution in [0.1, 0.15) is 43.1 Å². The van der Waals surface area contributed by atoms with Gasteiger partial charge >= 0.3 is 0 Å². The number of piperidine rings is 1. The Morgan fingerprint density at radius 1 is 1.17 bits per heavy atom. The molecule has 6 nitrogen and oxygen atoms in total. The van der Waals surface area contributed by atoms with Crippen LogP contribution in [0, 0.1) is 13.8 Å². The molecule has 0 bridgehead atoms. The van der Waals surface area contributed by atoms with E-state index in [1.54, 1.807) is 0 Å². The van der Waals surface area contributed by atoms with E-state index in [9.17, 15) is 0 Å². The number of aliphatic imine (C=N–C) groups is 1. The van der Waals surface area contributed by atoms with E-state index in [4.69, 9.17) is 4.99 Å². The standard InChI is InChI=1S/C23H36N6/c1-4-24-23(25-13-8-14-29-20(3)17-19(2)27-29)26-22-11-15-28(16-12-22)18-21-9-6-5-7-10-21/h5-7,9-10,17,22H,4,8,11-16,18H2,1-3H3,(H2,24,25,26). The number of nitrogens with one attached hydrogen (secondary N) is 2. The molecule has 0 aliphatic carbocycles. The summed E-state index contributed by atoms with van der Waals surface area (Å²) in [4.78, 5) is 7.33. The smallest absolute Gasteiger partial charge is 0.191 e. The van der Waals surface area contributed by atoms with Gasteiger partial charge in [-0.15, -0.1) is 0 Å². The fourth-order valence-electron chi connectivity index (χ4n) is 3.90. The van der Waals surface area contributed by atoms with Crippen molar-refractivity contribution in [2.45, 2.75) is 59.2 Å². The van der Waals surface area contributed by atoms with Crippen LogP contribution in [-0.4, -0.2) is 52.9 Å². The van der Waals surface area contributed by atoms with Gasteiger partial charge in [-0.25, -0.2) is 0 Å². The van der Waals surface area contributed by atoms with Gasteiger partial charge in [-0.05, 0) is 51.7 Å². The molecule has 0 atom stereocenters. The number of aromatic nitrogens is 2. The zero-order valence-corrected chi connectivity index (χ0v) is 18.2. The molecule has 158 valence electrons. The maximum absolute atomic E-state index is 4.79. The Hall–Kier alpha value is -2.34. The van der Waals surface area contributed by atoms with E-state index in [-0.39, 0.29) is 0 Å². The highest BCUT2D eigenvalue weighted by molar-refractivity contribution is 5.80. The molecule has 2 heterocycles. The van der Waals surface area contributed by atoms with Crippen LogP contribution in [0.2, 0.25) is 0 Å². The quantitative estimate of drug-likeness (QED) is 0.409. The van der Waals surface area contributed by atoms with E-state index < -0.39 is 0 Å². The van der Waals surface area contributed by atoms with Crippen LogP contribution in [-0.2, 0) is 13.1 Å². The third kappa shape index (κ3) is 6.89. The molecule has 0 saturated carbocycles. The maximum atomic E-state index is 4.79. The summed E-state index contributed by atoms with van der Waals surface area (Å²) < 4.78 is 2.08. The molecule has 2 N–H and O–H groups in total. The Bertz CT molecular complexity index is 759. The van der Waals surface area contributed by atoms with Crippen LogP contribution in [0.15, 0.2) is 41.4 Å². The highest BCUT2D eigenvalue weighted by atomic mass is 15.3. The third-order valence-corrected chi connectivity index (χ3v) is 5.42. The number of guanidine groups is 1. The van der Waals surface area contributed by atoms with Crippen LogP contribution >= 0.6 is 0 Å². The molecule has 1 fully saturated rings. The van der Waals surface area contributed by atoms with Crippen molar-refractivity contribution in [3.8, 4) is 0 Å². The van der Waals surface area contributed by atoms with E-state index in [0.29, 0.717) is 6.04 Å². The molecule has 29 heavy (non-hydrogen) atoms. The van der Waals surface area contributed by atoms with E-state index in [2.05, 4.69) is 75.6 Å². The van der Waals surface area contributed by atoms with Gasteiger partial charge in [0.15, 0.2) is 5.96 Å². The molecule has 0 unspecified atom stereocenters. The molecule has 0 spiro atoms. The second-order valence-corrected chi connectivity index (χ2v) is 7.94. The minimum absolute atomic E-state index is 0.496. The minimum atomic E-state index is 0.496. The lowest BCUT2D eigenvalue weighted by molar-refractivity contribution is 0.198. The van der Waals surface area contributed by atoms with Crippen LogP contribution in [0.4, 0.5) is 0 Å². The van der Waals surface area contributed by atoms with Crippen molar-refractivity contribution >= 4 is 5.96 Å². The van der Waals surface area contributed by atoms with E-state index >= 15 is 0 Å². The summed E-state index contributed by atoms with van der Waals surface area (Å²) in [6, 6.07) is 13.4. The van der Waals surface area contributed by atoms with Crippen molar-refractivity contribution in [3.63, 3.8) is 0 Å². The molecular formula is C23H36N6. The second kappa shape index (κ2) is 11.0. The maximum Gasteiger partial charge on any atom is 0.191 e. The molecule has 1 saturated heterocycles. The molecule has 1 aromatic heterocycles. The van der Waals surface area contributed by atoms with Crippen molar-refractivity contribution in [2.24, 2.45) is 4.99 Å². The molecule has 1 aliphatic rings. The lowest BCUT2D eigenvalue weighted by Crippen LogP contribution is -2.48. The summed E-state index contributed by atoms with van der Waals surface area (Å²) in [5, 5.41) is 11.6. The molecule has 2 aromatic rings. The fourth-order valence-corrected chi connectivity index (χ4v) is 3.90. The fraction of sp³-hybridized carbons (Fsp3) is 0.565. The number of hydrogen-bond acceptors (Lipinski definition) is 3. The lowest BCUT2D eigenvalue weighted by atomic mass is 10.0. The van der Waals surface area contributed by atoms with Crippen molar-refractivity contribution in [1.29, 1.82) is 0 Å². The number of benzene rings is 1. The van der Waals surface area contributed by atoms with Gasteiger partial charge in [-0.1, -0.05) is 30.3 Å². The van der Waals surface area contributed by atoms with E-state index in [1.807, 2.05) is 6.92 Å². The van der Waals surface area contributed by atoms with Crippen LogP contribution in [0.5, 0.6) is 0 Å². The lowest BCUT2D eigenvalue weighted by Gasteiger charge is -2.33. The molecule has 0 radical (unpaired) electrons. The first kappa shape index (κ1) is 21.4. The van der Waals surface area contributed by atoms with Crippen molar-refractivity contribution in [3.05, 3.63) is 53.3 Å². The van der Waals surface area contributed by atoms with Crippen LogP contribution < -0.4 is 10.6 Å². The Morgan fingerprint density at radius 2 is 1.93 bits per heavy atom. The summed E-state index contributed by atoms with van der Waals surface area (Å²) in [5.41, 5.74) is 3.70. The largest absolute Gasteiger partial charge is 0.357 e. The number of nitrogens with zero attached hydrogens (tertiary/aromatic N) is 4.